The van der Waals surface area contributed by atoms with Gasteiger partial charge in [0, 0.05) is 11.8 Å². The first-order valence-electron chi connectivity index (χ1n) is 7.41. The average Bonchev–Trinajstić information content (AvgIpc) is 2.62. The highest BCUT2D eigenvalue weighted by atomic mass is 32.2. The van der Waals surface area contributed by atoms with Gasteiger partial charge in [0.25, 0.3) is 0 Å². The second kappa shape index (κ2) is 8.82. The number of carbonyl (C=O) groups excluding carboxylic acids is 1. The lowest BCUT2D eigenvalue weighted by molar-refractivity contribution is -0.128. The number of benzene rings is 2. The smallest absolute Gasteiger partial charge is 0.227 e. The normalized spacial score (nSPS) is 10.9. The van der Waals surface area contributed by atoms with Crippen molar-refractivity contribution in [2.75, 3.05) is 0 Å². The van der Waals surface area contributed by atoms with E-state index < -0.39 is 0 Å². The highest BCUT2D eigenvalue weighted by Crippen LogP contribution is 2.25. The van der Waals surface area contributed by atoms with Gasteiger partial charge in [-0.15, -0.1) is 0 Å². The van der Waals surface area contributed by atoms with E-state index >= 15 is 0 Å². The van der Waals surface area contributed by atoms with Crippen LogP contribution in [0.15, 0.2) is 66.1 Å². The minimum absolute atomic E-state index is 0.0301. The lowest BCUT2D eigenvalue weighted by Crippen LogP contribution is -2.28. The Morgan fingerprint density at radius 1 is 1.13 bits per heavy atom. The second-order valence-corrected chi connectivity index (χ2v) is 5.55. The maximum absolute atomic E-state index is 12.5. The quantitative estimate of drug-likeness (QED) is 0.728. The number of amides is 1. The van der Waals surface area contributed by atoms with Crippen molar-refractivity contribution in [2.45, 2.75) is 19.9 Å². The molecule has 116 valence electrons. The summed E-state index contributed by atoms with van der Waals surface area (Å²) in [6.07, 6.45) is 0.411. The van der Waals surface area contributed by atoms with Crippen LogP contribution >= 0.6 is 11.8 Å². The highest BCUT2D eigenvalue weighted by molar-refractivity contribution is 8.06. The Morgan fingerprint density at radius 3 is 2.30 bits per heavy atom. The van der Waals surface area contributed by atoms with Crippen LogP contribution in [-0.2, 0) is 11.3 Å². The maximum Gasteiger partial charge on any atom is 0.227 e. The third-order valence-electron chi connectivity index (χ3n) is 3.37. The minimum atomic E-state index is 0.0301. The third kappa shape index (κ3) is 4.73. The first kappa shape index (κ1) is 16.9. The van der Waals surface area contributed by atoms with Crippen LogP contribution < -0.4 is 0 Å². The van der Waals surface area contributed by atoms with E-state index in [0.29, 0.717) is 13.0 Å². The molecular weight excluding hydrogens is 304 g/mol. The molecule has 0 spiro atoms. The number of hydrogen-bond acceptors (Lipinski definition) is 3. The molecule has 0 unspecified atom stereocenters. The van der Waals surface area contributed by atoms with E-state index in [-0.39, 0.29) is 5.91 Å². The summed E-state index contributed by atoms with van der Waals surface area (Å²) < 4.78 is 0. The van der Waals surface area contributed by atoms with Gasteiger partial charge in [-0.25, -0.2) is 0 Å². The van der Waals surface area contributed by atoms with Gasteiger partial charge in [-0.1, -0.05) is 67.6 Å². The van der Waals surface area contributed by atoms with Crippen molar-refractivity contribution in [3.8, 4) is 5.40 Å². The Kier molecular flexibility index (Phi) is 6.46. The van der Waals surface area contributed by atoms with Crippen molar-refractivity contribution in [1.29, 1.82) is 5.26 Å². The Balaban J connectivity index is 2.41. The molecule has 2 aromatic rings. The van der Waals surface area contributed by atoms with E-state index in [1.54, 1.807) is 10.3 Å². The Labute approximate surface area is 141 Å². The van der Waals surface area contributed by atoms with Gasteiger partial charge in [0.05, 0.1) is 12.2 Å². The number of carbonyl (C=O) groups is 1. The van der Waals surface area contributed by atoms with E-state index in [1.165, 1.54) is 0 Å². The fourth-order valence-corrected chi connectivity index (χ4v) is 2.67. The number of thioether (sulfide) groups is 1. The topological polar surface area (TPSA) is 44.1 Å². The van der Waals surface area contributed by atoms with Crippen molar-refractivity contribution >= 4 is 23.4 Å². The summed E-state index contributed by atoms with van der Waals surface area (Å²) in [5.41, 5.74) is 2.74. The summed E-state index contributed by atoms with van der Waals surface area (Å²) >= 11 is 1.03. The molecule has 0 N–H and O–H groups in total. The zero-order chi connectivity index (χ0) is 16.5. The first-order chi connectivity index (χ1) is 11.3. The maximum atomic E-state index is 12.5. The Morgan fingerprint density at radius 2 is 1.74 bits per heavy atom. The van der Waals surface area contributed by atoms with E-state index in [0.717, 1.165) is 28.6 Å². The van der Waals surface area contributed by atoms with Crippen LogP contribution in [0.1, 0.15) is 24.5 Å². The molecule has 3 nitrogen and oxygen atoms in total. The van der Waals surface area contributed by atoms with Gasteiger partial charge in [0.15, 0.2) is 0 Å². The van der Waals surface area contributed by atoms with Crippen LogP contribution in [0.2, 0.25) is 0 Å². The number of thiocyanates is 1. The van der Waals surface area contributed by atoms with E-state index in [9.17, 15) is 4.79 Å². The molecule has 2 aromatic carbocycles. The van der Waals surface area contributed by atoms with Crippen LogP contribution in [0.3, 0.4) is 0 Å². The summed E-state index contributed by atoms with van der Waals surface area (Å²) in [7, 11) is 0. The highest BCUT2D eigenvalue weighted by Gasteiger charge is 2.18. The van der Waals surface area contributed by atoms with Crippen molar-refractivity contribution < 1.29 is 4.79 Å². The summed E-state index contributed by atoms with van der Waals surface area (Å²) in [5.74, 6) is 0.0301. The van der Waals surface area contributed by atoms with Gasteiger partial charge < -0.3 is 4.90 Å². The van der Waals surface area contributed by atoms with Crippen molar-refractivity contribution in [2.24, 2.45) is 0 Å². The van der Waals surface area contributed by atoms with Crippen LogP contribution in [0.5, 0.6) is 0 Å². The van der Waals surface area contributed by atoms with Gasteiger partial charge in [-0.2, -0.15) is 5.26 Å². The molecule has 0 bridgehead atoms. The fourth-order valence-electron chi connectivity index (χ4n) is 2.24. The largest absolute Gasteiger partial charge is 0.307 e. The third-order valence-corrected chi connectivity index (χ3v) is 3.82. The fraction of sp³-hybridized carbons (Fsp3) is 0.158. The molecule has 0 aliphatic carbocycles. The number of hydrogen-bond donors (Lipinski definition) is 0. The monoisotopic (exact) mass is 322 g/mol. The average molecular weight is 322 g/mol. The van der Waals surface area contributed by atoms with Crippen LogP contribution in [-0.4, -0.2) is 10.8 Å². The van der Waals surface area contributed by atoms with Gasteiger partial charge in [-0.3, -0.25) is 4.79 Å². The molecule has 0 radical (unpaired) electrons. The number of nitriles is 1. The SMILES string of the molecule is CCC(=O)N(Cc1ccccc1)C(=CSC#N)c1ccccc1. The molecule has 23 heavy (non-hydrogen) atoms. The van der Waals surface area contributed by atoms with E-state index in [1.807, 2.05) is 73.0 Å². The van der Waals surface area contributed by atoms with Crippen LogP contribution in [0.25, 0.3) is 5.70 Å². The van der Waals surface area contributed by atoms with Crippen molar-refractivity contribution in [3.05, 3.63) is 77.2 Å². The van der Waals surface area contributed by atoms with Crippen molar-refractivity contribution in [3.63, 3.8) is 0 Å². The number of rotatable bonds is 6. The summed E-state index contributed by atoms with van der Waals surface area (Å²) in [4.78, 5) is 14.2. The van der Waals surface area contributed by atoms with Crippen LogP contribution in [0.4, 0.5) is 0 Å². The Bertz CT molecular complexity index is 705. The van der Waals surface area contributed by atoms with Crippen molar-refractivity contribution in [1.82, 2.24) is 4.90 Å². The molecule has 4 heteroatoms. The molecule has 0 aliphatic rings. The van der Waals surface area contributed by atoms with Gasteiger partial charge in [0.2, 0.25) is 5.91 Å². The van der Waals surface area contributed by atoms with Crippen LogP contribution in [0, 0.1) is 10.7 Å². The lowest BCUT2D eigenvalue weighted by atomic mass is 10.1. The summed E-state index contributed by atoms with van der Waals surface area (Å²) in [5, 5.41) is 12.7. The molecule has 0 heterocycles. The van der Waals surface area contributed by atoms with Gasteiger partial charge in [0.1, 0.15) is 5.40 Å². The second-order valence-electron chi connectivity index (χ2n) is 4.90. The van der Waals surface area contributed by atoms with E-state index in [2.05, 4.69) is 0 Å². The lowest BCUT2D eigenvalue weighted by Gasteiger charge is -2.25. The predicted molar refractivity (Wildman–Crippen MR) is 94.9 cm³/mol. The Hall–Kier alpha value is -2.51. The molecule has 0 aliphatic heterocycles. The molecule has 0 aromatic heterocycles. The molecule has 0 atom stereocenters. The van der Waals surface area contributed by atoms with Gasteiger partial charge >= 0.3 is 0 Å². The van der Waals surface area contributed by atoms with E-state index in [4.69, 9.17) is 5.26 Å². The molecule has 0 saturated carbocycles. The van der Waals surface area contributed by atoms with Gasteiger partial charge in [-0.05, 0) is 22.9 Å². The molecule has 0 saturated heterocycles. The first-order valence-corrected chi connectivity index (χ1v) is 8.28. The minimum Gasteiger partial charge on any atom is -0.307 e. The molecule has 1 amide bonds. The standard InChI is InChI=1S/C19H18N2OS/c1-2-19(22)21(13-16-9-5-3-6-10-16)18(14-23-15-20)17-11-7-4-8-12-17/h3-12,14H,2,13H2,1H3. The predicted octanol–water partition coefficient (Wildman–Crippen LogP) is 4.64. The summed E-state index contributed by atoms with van der Waals surface area (Å²) in [6.45, 7) is 2.33. The molecule has 0 fully saturated rings. The summed E-state index contributed by atoms with van der Waals surface area (Å²) in [6, 6.07) is 19.5. The zero-order valence-electron chi connectivity index (χ0n) is 13.0. The molecule has 2 rings (SSSR count). The zero-order valence-corrected chi connectivity index (χ0v) is 13.8. The number of nitrogens with zero attached hydrogens (tertiary/aromatic N) is 2. The molecular formula is C19H18N2OS.